The van der Waals surface area contributed by atoms with Crippen LogP contribution in [-0.2, 0) is 14.3 Å². The number of aromatic amines is 1. The summed E-state index contributed by atoms with van der Waals surface area (Å²) in [5.74, 6) is -1.08. The van der Waals surface area contributed by atoms with E-state index < -0.39 is 36.0 Å². The lowest BCUT2D eigenvalue weighted by Gasteiger charge is -2.50. The van der Waals surface area contributed by atoms with Gasteiger partial charge in [-0.3, -0.25) is 9.59 Å². The van der Waals surface area contributed by atoms with Crippen LogP contribution in [0.4, 0.5) is 11.6 Å². The molecule has 1 aliphatic heterocycles. The quantitative estimate of drug-likeness (QED) is 0.116. The molecule has 4 unspecified atom stereocenters. The molecule has 2 saturated carbocycles. The van der Waals surface area contributed by atoms with Gasteiger partial charge in [0, 0.05) is 45.9 Å². The third-order valence-electron chi connectivity index (χ3n) is 18.3. The second-order valence-electron chi connectivity index (χ2n) is 28.8. The van der Waals surface area contributed by atoms with Crippen molar-refractivity contribution in [3.05, 3.63) is 173 Å². The fourth-order valence-corrected chi connectivity index (χ4v) is 13.7. The largest absolute Gasteiger partial charge is 0.458 e. The van der Waals surface area contributed by atoms with Gasteiger partial charge in [0.25, 0.3) is 11.8 Å². The van der Waals surface area contributed by atoms with Gasteiger partial charge in [-0.2, -0.15) is 0 Å². The molecule has 6 aromatic carbocycles. The molecular formula is C74H85N5O6. The van der Waals surface area contributed by atoms with E-state index in [1.54, 1.807) is 12.1 Å². The second-order valence-corrected chi connectivity index (χ2v) is 28.8. The molecule has 85 heavy (non-hydrogen) atoms. The van der Waals surface area contributed by atoms with Crippen LogP contribution in [0.2, 0.25) is 0 Å². The first-order valence-corrected chi connectivity index (χ1v) is 30.5. The summed E-state index contributed by atoms with van der Waals surface area (Å²) in [6, 6.07) is 45.5. The molecule has 2 heterocycles. The minimum absolute atomic E-state index is 0.00968. The van der Waals surface area contributed by atoms with E-state index in [0.29, 0.717) is 45.2 Å². The summed E-state index contributed by atoms with van der Waals surface area (Å²) in [5, 5.41) is 9.91. The van der Waals surface area contributed by atoms with E-state index in [0.717, 1.165) is 47.2 Å². The monoisotopic (exact) mass is 1140 g/mol. The topological polar surface area (TPSA) is 151 Å². The minimum Gasteiger partial charge on any atom is -0.458 e. The minimum atomic E-state index is -0.643. The zero-order chi connectivity index (χ0) is 60.9. The Bertz CT molecular complexity index is 3720. The number of rotatable bonds is 10. The first-order valence-electron chi connectivity index (χ1n) is 30.5. The highest BCUT2D eigenvalue weighted by atomic mass is 16.5. The fraction of sp³-hybridized carbons (Fsp3) is 0.405. The van der Waals surface area contributed by atoms with Crippen molar-refractivity contribution >= 4 is 74.2 Å². The number of nitrogens with zero attached hydrogens (tertiary/aromatic N) is 2. The Balaban J connectivity index is 1.20. The molecule has 0 spiro atoms. The van der Waals surface area contributed by atoms with Gasteiger partial charge in [0.2, 0.25) is 0 Å². The molecule has 442 valence electrons. The SMILES string of the molecule is CC1CC(C(C)(C)C)C(OC(=O)C2=C(c3ccccc3)C(=Nc3[nH]c(NC(=O)c4ccc5ccccc5c4)c(C(=O)OC4C(C(C)(C)C)CC(C)CC4C(C)(C)C)c3-c3ccccc3)N=C2NC(=O)c2ccc3ccccc3c2)C(C(C)(C)C)C1. The van der Waals surface area contributed by atoms with Crippen molar-refractivity contribution < 1.29 is 28.7 Å². The van der Waals surface area contributed by atoms with Crippen molar-refractivity contribution in [1.82, 2.24) is 10.3 Å². The van der Waals surface area contributed by atoms with Gasteiger partial charge < -0.3 is 25.1 Å². The Hall–Kier alpha value is -7.92. The number of nitrogens with one attached hydrogen (secondary N) is 3. The normalized spacial score (nSPS) is 22.8. The fourth-order valence-electron chi connectivity index (χ4n) is 13.7. The van der Waals surface area contributed by atoms with E-state index in [9.17, 15) is 9.59 Å². The molecule has 2 aliphatic carbocycles. The number of anilines is 1. The molecule has 1 aromatic heterocycles. The summed E-state index contributed by atoms with van der Waals surface area (Å²) >= 11 is 0. The molecule has 7 aromatic rings. The maximum absolute atomic E-state index is 15.9. The van der Waals surface area contributed by atoms with Gasteiger partial charge in [-0.25, -0.2) is 19.6 Å². The third-order valence-corrected chi connectivity index (χ3v) is 18.3. The third kappa shape index (κ3) is 12.9. The van der Waals surface area contributed by atoms with Crippen LogP contribution in [0.5, 0.6) is 0 Å². The Morgan fingerprint density at radius 2 is 0.894 bits per heavy atom. The lowest BCUT2D eigenvalue weighted by molar-refractivity contribution is -0.164. The molecule has 2 fully saturated rings. The molecule has 0 radical (unpaired) electrons. The predicted molar refractivity (Wildman–Crippen MR) is 345 cm³/mol. The van der Waals surface area contributed by atoms with Crippen molar-refractivity contribution in [3.63, 3.8) is 0 Å². The average Bonchev–Trinajstić information content (AvgIpc) is 2.26. The first-order chi connectivity index (χ1) is 40.1. The second kappa shape index (κ2) is 23.5. The number of benzene rings is 6. The van der Waals surface area contributed by atoms with Crippen molar-refractivity contribution in [2.75, 3.05) is 5.32 Å². The van der Waals surface area contributed by atoms with Crippen LogP contribution in [-0.4, -0.2) is 52.6 Å². The van der Waals surface area contributed by atoms with Gasteiger partial charge in [-0.15, -0.1) is 0 Å². The molecule has 11 nitrogen and oxygen atoms in total. The van der Waals surface area contributed by atoms with Crippen molar-refractivity contribution in [2.45, 2.75) is 135 Å². The number of fused-ring (bicyclic) bond motifs is 2. The Morgan fingerprint density at radius 3 is 1.34 bits per heavy atom. The number of hydrogen-bond donors (Lipinski definition) is 3. The highest BCUT2D eigenvalue weighted by Crippen LogP contribution is 2.52. The van der Waals surface area contributed by atoms with Gasteiger partial charge in [-0.05, 0) is 116 Å². The van der Waals surface area contributed by atoms with Crippen molar-refractivity contribution in [1.29, 1.82) is 0 Å². The number of aromatic nitrogens is 1. The first kappa shape index (κ1) is 60.2. The van der Waals surface area contributed by atoms with E-state index in [2.05, 4.69) is 113 Å². The molecule has 10 rings (SSSR count). The Labute approximate surface area is 502 Å². The number of carbonyl (C=O) groups excluding carboxylic acids is 4. The number of ether oxygens (including phenoxy) is 2. The van der Waals surface area contributed by atoms with Crippen molar-refractivity contribution in [2.24, 2.45) is 67.2 Å². The van der Waals surface area contributed by atoms with E-state index in [1.165, 1.54) is 0 Å². The number of amides is 2. The molecule has 11 heteroatoms. The molecule has 0 saturated heterocycles. The number of carbonyl (C=O) groups is 4. The van der Waals surface area contributed by atoms with E-state index >= 15 is 9.59 Å². The molecule has 3 aliphatic rings. The van der Waals surface area contributed by atoms with Crippen molar-refractivity contribution in [3.8, 4) is 11.1 Å². The van der Waals surface area contributed by atoms with Crippen LogP contribution in [0.25, 0.3) is 38.2 Å². The maximum Gasteiger partial charge on any atom is 0.343 e. The van der Waals surface area contributed by atoms with Gasteiger partial charge in [-0.1, -0.05) is 218 Å². The Morgan fingerprint density at radius 1 is 0.494 bits per heavy atom. The zero-order valence-electron chi connectivity index (χ0n) is 52.1. The van der Waals surface area contributed by atoms with E-state index in [4.69, 9.17) is 19.5 Å². The van der Waals surface area contributed by atoms with Crippen LogP contribution in [0.3, 0.4) is 0 Å². The molecule has 4 atom stereocenters. The van der Waals surface area contributed by atoms with Crippen LogP contribution < -0.4 is 10.6 Å². The maximum atomic E-state index is 15.9. The summed E-state index contributed by atoms with van der Waals surface area (Å²) in [4.78, 5) is 75.5. The highest BCUT2D eigenvalue weighted by molar-refractivity contribution is 6.45. The smallest absolute Gasteiger partial charge is 0.343 e. The molecule has 2 amide bonds. The number of H-pyrrole nitrogens is 1. The predicted octanol–water partition coefficient (Wildman–Crippen LogP) is 17.5. The van der Waals surface area contributed by atoms with E-state index in [1.807, 2.05) is 133 Å². The number of esters is 2. The van der Waals surface area contributed by atoms with Gasteiger partial charge in [0.1, 0.15) is 35.0 Å². The standard InChI is InChI=1S/C74H85N5O6/c1-43-37-53(71(3,4)5)61(54(38-43)72(6,7)8)84-69(82)59-57(47-27-17-15-18-28-47)63(76-65(59)78-67(80)51-35-33-45-25-21-23-31-49(45)41-51)75-64-58(48-29-19-16-20-30-48)60(66(77-64)79-68(81)52-36-34-46-26-22-24-32-50(46)42-52)70(83)85-62-55(73(9,10)11)39-44(2)40-56(62)74(12,13)14/h15-36,41-44,53-56,61-62,76H,37-40H2,1-14H3,(H,78,80)(H,75,77,79,81). The van der Waals surface area contributed by atoms with Crippen LogP contribution in [0.15, 0.2) is 161 Å². The summed E-state index contributed by atoms with van der Waals surface area (Å²) < 4.78 is 14.1. The number of hydrogen-bond acceptors (Lipinski definition) is 7. The zero-order valence-corrected chi connectivity index (χ0v) is 52.1. The molecule has 0 bridgehead atoms. The van der Waals surface area contributed by atoms with Crippen LogP contribution in [0, 0.1) is 57.2 Å². The van der Waals surface area contributed by atoms with Crippen LogP contribution >= 0.6 is 0 Å². The average molecular weight is 1140 g/mol. The lowest BCUT2D eigenvalue weighted by atomic mass is 9.59. The summed E-state index contributed by atoms with van der Waals surface area (Å²) in [6.45, 7) is 31.2. The van der Waals surface area contributed by atoms with Gasteiger partial charge >= 0.3 is 11.9 Å². The molecule has 3 N–H and O–H groups in total. The molecular weight excluding hydrogens is 1050 g/mol. The van der Waals surface area contributed by atoms with Gasteiger partial charge in [0.05, 0.1) is 0 Å². The van der Waals surface area contributed by atoms with Crippen LogP contribution in [0.1, 0.15) is 159 Å². The van der Waals surface area contributed by atoms with E-state index in [-0.39, 0.29) is 79.8 Å². The summed E-state index contributed by atoms with van der Waals surface area (Å²) in [7, 11) is 0. The number of amidine groups is 2. The highest BCUT2D eigenvalue weighted by Gasteiger charge is 2.51. The summed E-state index contributed by atoms with van der Waals surface area (Å²) in [5.41, 5.74) is 1.87. The Kier molecular flexibility index (Phi) is 16.6. The van der Waals surface area contributed by atoms with Gasteiger partial charge in [0.15, 0.2) is 11.7 Å². The lowest BCUT2D eigenvalue weighted by Crippen LogP contribution is -2.50. The summed E-state index contributed by atoms with van der Waals surface area (Å²) in [6.07, 6.45) is 2.55. The number of aliphatic imine (C=N–C) groups is 2.